The van der Waals surface area contributed by atoms with Gasteiger partial charge < -0.3 is 15.0 Å². The SMILES string of the molecule is CCCc1nc2cc(C)c(C)cc2n1CCOc1ccc(N)cc1. The number of nitrogen functional groups attached to an aromatic ring is 1. The number of hydrogen-bond acceptors (Lipinski definition) is 3. The quantitative estimate of drug-likeness (QED) is 0.689. The number of nitrogens with zero attached hydrogens (tertiary/aromatic N) is 2. The number of aromatic nitrogens is 2. The molecule has 0 atom stereocenters. The van der Waals surface area contributed by atoms with Gasteiger partial charge in [0.1, 0.15) is 18.2 Å². The van der Waals surface area contributed by atoms with E-state index in [4.69, 9.17) is 15.5 Å². The van der Waals surface area contributed by atoms with Crippen molar-refractivity contribution in [3.05, 3.63) is 53.3 Å². The normalized spacial score (nSPS) is 11.1. The first-order valence-corrected chi connectivity index (χ1v) is 8.53. The summed E-state index contributed by atoms with van der Waals surface area (Å²) < 4.78 is 8.16. The van der Waals surface area contributed by atoms with E-state index in [1.54, 1.807) is 0 Å². The Labute approximate surface area is 143 Å². The fourth-order valence-electron chi connectivity index (χ4n) is 2.91. The molecule has 3 rings (SSSR count). The van der Waals surface area contributed by atoms with Crippen LogP contribution in [0.2, 0.25) is 0 Å². The van der Waals surface area contributed by atoms with Crippen molar-refractivity contribution in [3.63, 3.8) is 0 Å². The van der Waals surface area contributed by atoms with Gasteiger partial charge >= 0.3 is 0 Å². The van der Waals surface area contributed by atoms with Crippen molar-refractivity contribution in [2.45, 2.75) is 40.2 Å². The van der Waals surface area contributed by atoms with Crippen molar-refractivity contribution < 1.29 is 4.74 Å². The second-order valence-corrected chi connectivity index (χ2v) is 6.27. The van der Waals surface area contributed by atoms with Crippen molar-refractivity contribution >= 4 is 16.7 Å². The van der Waals surface area contributed by atoms with Crippen LogP contribution < -0.4 is 10.5 Å². The molecule has 0 unspecified atom stereocenters. The molecule has 3 aromatic rings. The largest absolute Gasteiger partial charge is 0.492 e. The lowest BCUT2D eigenvalue weighted by atomic mass is 10.1. The summed E-state index contributed by atoms with van der Waals surface area (Å²) in [6.45, 7) is 7.87. The second-order valence-electron chi connectivity index (χ2n) is 6.27. The fraction of sp³-hybridized carbons (Fsp3) is 0.350. The Morgan fingerprint density at radius 2 is 1.79 bits per heavy atom. The Hall–Kier alpha value is -2.49. The van der Waals surface area contributed by atoms with Gasteiger partial charge in [-0.15, -0.1) is 0 Å². The van der Waals surface area contributed by atoms with Crippen LogP contribution >= 0.6 is 0 Å². The minimum atomic E-state index is 0.610. The molecule has 0 aliphatic carbocycles. The Morgan fingerprint density at radius 3 is 2.50 bits per heavy atom. The first-order valence-electron chi connectivity index (χ1n) is 8.53. The van der Waals surface area contributed by atoms with Gasteiger partial charge in [0, 0.05) is 12.1 Å². The average molecular weight is 323 g/mol. The van der Waals surface area contributed by atoms with E-state index in [1.807, 2.05) is 24.3 Å². The van der Waals surface area contributed by atoms with Crippen LogP contribution in [0.4, 0.5) is 5.69 Å². The van der Waals surface area contributed by atoms with Crippen LogP contribution in [0.1, 0.15) is 30.3 Å². The Morgan fingerprint density at radius 1 is 1.08 bits per heavy atom. The summed E-state index contributed by atoms with van der Waals surface area (Å²) in [5, 5.41) is 0. The van der Waals surface area contributed by atoms with Gasteiger partial charge in [0.05, 0.1) is 17.6 Å². The van der Waals surface area contributed by atoms with E-state index in [0.717, 1.165) is 42.2 Å². The van der Waals surface area contributed by atoms with E-state index >= 15 is 0 Å². The number of anilines is 1. The molecule has 0 saturated heterocycles. The minimum absolute atomic E-state index is 0.610. The first kappa shape index (κ1) is 16.4. The highest BCUT2D eigenvalue weighted by Crippen LogP contribution is 2.22. The predicted octanol–water partition coefficient (Wildman–Crippen LogP) is 4.27. The Bertz CT molecular complexity index is 834. The van der Waals surface area contributed by atoms with E-state index in [1.165, 1.54) is 16.6 Å². The van der Waals surface area contributed by atoms with Gasteiger partial charge in [-0.05, 0) is 67.8 Å². The van der Waals surface area contributed by atoms with Crippen LogP contribution in [0.25, 0.3) is 11.0 Å². The average Bonchev–Trinajstić information content (AvgIpc) is 2.87. The number of imidazole rings is 1. The number of hydrogen-bond donors (Lipinski definition) is 1. The maximum absolute atomic E-state index is 5.87. The lowest BCUT2D eigenvalue weighted by Crippen LogP contribution is -2.11. The van der Waals surface area contributed by atoms with Gasteiger partial charge in [-0.3, -0.25) is 0 Å². The highest BCUT2D eigenvalue weighted by Gasteiger charge is 2.11. The maximum Gasteiger partial charge on any atom is 0.119 e. The van der Waals surface area contributed by atoms with Crippen molar-refractivity contribution in [2.75, 3.05) is 12.3 Å². The van der Waals surface area contributed by atoms with Gasteiger partial charge in [-0.25, -0.2) is 4.98 Å². The second kappa shape index (κ2) is 6.95. The molecule has 2 N–H and O–H groups in total. The summed E-state index contributed by atoms with van der Waals surface area (Å²) in [4.78, 5) is 4.83. The molecule has 0 radical (unpaired) electrons. The third kappa shape index (κ3) is 3.37. The van der Waals surface area contributed by atoms with Gasteiger partial charge in [0.2, 0.25) is 0 Å². The molecule has 126 valence electrons. The van der Waals surface area contributed by atoms with Gasteiger partial charge in [0.25, 0.3) is 0 Å². The van der Waals surface area contributed by atoms with Crippen molar-refractivity contribution in [3.8, 4) is 5.75 Å². The molecule has 2 aromatic carbocycles. The smallest absolute Gasteiger partial charge is 0.119 e. The number of fused-ring (bicyclic) bond motifs is 1. The summed E-state index contributed by atoms with van der Waals surface area (Å²) in [6.07, 6.45) is 2.06. The van der Waals surface area contributed by atoms with E-state index in [9.17, 15) is 0 Å². The predicted molar refractivity (Wildman–Crippen MR) is 99.6 cm³/mol. The molecule has 0 amide bonds. The third-order valence-corrected chi connectivity index (χ3v) is 4.38. The third-order valence-electron chi connectivity index (χ3n) is 4.38. The lowest BCUT2D eigenvalue weighted by Gasteiger charge is -2.11. The summed E-state index contributed by atoms with van der Waals surface area (Å²) in [7, 11) is 0. The van der Waals surface area contributed by atoms with E-state index in [2.05, 4.69) is 37.5 Å². The monoisotopic (exact) mass is 323 g/mol. The zero-order valence-corrected chi connectivity index (χ0v) is 14.7. The number of ether oxygens (including phenoxy) is 1. The van der Waals surface area contributed by atoms with Crippen LogP contribution in [0.15, 0.2) is 36.4 Å². The van der Waals surface area contributed by atoms with Gasteiger partial charge in [-0.1, -0.05) is 6.92 Å². The number of aryl methyl sites for hydroxylation is 3. The van der Waals surface area contributed by atoms with Crippen LogP contribution in [0.3, 0.4) is 0 Å². The van der Waals surface area contributed by atoms with Crippen molar-refractivity contribution in [1.29, 1.82) is 0 Å². The minimum Gasteiger partial charge on any atom is -0.492 e. The number of nitrogens with two attached hydrogens (primary N) is 1. The maximum atomic E-state index is 5.87. The highest BCUT2D eigenvalue weighted by atomic mass is 16.5. The summed E-state index contributed by atoms with van der Waals surface area (Å²) in [5.41, 5.74) is 11.3. The van der Waals surface area contributed by atoms with Crippen molar-refractivity contribution in [2.24, 2.45) is 0 Å². The van der Waals surface area contributed by atoms with Gasteiger partial charge in [-0.2, -0.15) is 0 Å². The molecule has 4 nitrogen and oxygen atoms in total. The summed E-state index contributed by atoms with van der Waals surface area (Å²) in [5.74, 6) is 1.98. The first-order chi connectivity index (χ1) is 11.6. The number of benzene rings is 2. The lowest BCUT2D eigenvalue weighted by molar-refractivity contribution is 0.298. The van der Waals surface area contributed by atoms with Gasteiger partial charge in [0.15, 0.2) is 0 Å². The van der Waals surface area contributed by atoms with Crippen LogP contribution in [-0.2, 0) is 13.0 Å². The zero-order chi connectivity index (χ0) is 17.1. The molecule has 1 aromatic heterocycles. The molecule has 24 heavy (non-hydrogen) atoms. The van der Waals surface area contributed by atoms with Crippen LogP contribution in [0, 0.1) is 13.8 Å². The molecule has 1 heterocycles. The van der Waals surface area contributed by atoms with Crippen molar-refractivity contribution in [1.82, 2.24) is 9.55 Å². The van der Waals surface area contributed by atoms with E-state index in [-0.39, 0.29) is 0 Å². The highest BCUT2D eigenvalue weighted by molar-refractivity contribution is 5.78. The molecular weight excluding hydrogens is 298 g/mol. The molecule has 0 saturated carbocycles. The van der Waals surface area contributed by atoms with Crippen LogP contribution in [0.5, 0.6) is 5.75 Å². The van der Waals surface area contributed by atoms with E-state index < -0.39 is 0 Å². The molecule has 0 fully saturated rings. The molecular formula is C20H25N3O. The standard InChI is InChI=1S/C20H25N3O/c1-4-5-20-22-18-12-14(2)15(3)13-19(18)23(20)10-11-24-17-8-6-16(21)7-9-17/h6-9,12-13H,4-5,10-11,21H2,1-3H3. The summed E-state index contributed by atoms with van der Waals surface area (Å²) >= 11 is 0. The molecule has 0 bridgehead atoms. The fourth-order valence-corrected chi connectivity index (χ4v) is 2.91. The van der Waals surface area contributed by atoms with E-state index in [0.29, 0.717) is 6.61 Å². The topological polar surface area (TPSA) is 53.1 Å². The molecule has 0 aliphatic heterocycles. The summed E-state index contributed by atoms with van der Waals surface area (Å²) in [6, 6.07) is 11.9. The molecule has 0 aliphatic rings. The Balaban J connectivity index is 1.82. The molecule has 4 heteroatoms. The number of rotatable bonds is 6. The van der Waals surface area contributed by atoms with Crippen LogP contribution in [-0.4, -0.2) is 16.2 Å². The zero-order valence-electron chi connectivity index (χ0n) is 14.7. The molecule has 0 spiro atoms. The Kier molecular flexibility index (Phi) is 4.74.